The van der Waals surface area contributed by atoms with E-state index in [-0.39, 0.29) is 0 Å². The summed E-state index contributed by atoms with van der Waals surface area (Å²) in [6, 6.07) is 0. The fourth-order valence-electron chi connectivity index (χ4n) is 1.12. The third-order valence-corrected chi connectivity index (χ3v) is 2.77. The maximum absolute atomic E-state index is 8.20. The second kappa shape index (κ2) is 4.30. The quantitative estimate of drug-likeness (QED) is 0.458. The van der Waals surface area contributed by atoms with Crippen molar-refractivity contribution >= 4 is 15.9 Å². The summed E-state index contributed by atoms with van der Waals surface area (Å²) >= 11 is 3.41. The highest BCUT2D eigenvalue weighted by molar-refractivity contribution is 9.10. The second-order valence-corrected chi connectivity index (χ2v) is 3.34. The number of hydrogen-bond acceptors (Lipinski definition) is 2. The minimum absolute atomic E-state index is 0.339. The van der Waals surface area contributed by atoms with Crippen LogP contribution in [0.25, 0.3) is 10.4 Å². The molecule has 5 nitrogen and oxygen atoms in total. The van der Waals surface area contributed by atoms with Crippen LogP contribution in [0.2, 0.25) is 0 Å². The molecule has 0 atom stereocenters. The summed E-state index contributed by atoms with van der Waals surface area (Å²) in [7, 11) is 0. The smallest absolute Gasteiger partial charge is 0.0738 e. The van der Waals surface area contributed by atoms with E-state index in [1.165, 1.54) is 0 Å². The Morgan fingerprint density at radius 3 is 2.92 bits per heavy atom. The fourth-order valence-corrected chi connectivity index (χ4v) is 1.53. The second-order valence-electron chi connectivity index (χ2n) is 2.55. The van der Waals surface area contributed by atoms with Gasteiger partial charge in [-0.05, 0) is 35.3 Å². The highest BCUT2D eigenvalue weighted by atomic mass is 79.9. The minimum atomic E-state index is 0.339. The number of aryl methyl sites for hydroxylation is 2. The molecule has 70 valence electrons. The van der Waals surface area contributed by atoms with Gasteiger partial charge in [-0.25, -0.2) is 0 Å². The summed E-state index contributed by atoms with van der Waals surface area (Å²) in [5.41, 5.74) is 10.1. The molecule has 0 aliphatic heterocycles. The molecule has 0 unspecified atom stereocenters. The first-order chi connectivity index (χ1) is 6.20. The predicted octanol–water partition coefficient (Wildman–Crippen LogP) is 2.78. The lowest BCUT2D eigenvalue weighted by Gasteiger charge is -2.00. The lowest BCUT2D eigenvalue weighted by Crippen LogP contribution is -2.01. The normalized spacial score (nSPS) is 9.77. The molecule has 1 aromatic rings. The van der Waals surface area contributed by atoms with Gasteiger partial charge < -0.3 is 0 Å². The van der Waals surface area contributed by atoms with Crippen molar-refractivity contribution in [1.82, 2.24) is 9.78 Å². The standard InChI is InChI=1S/C7H10BrN5/c1-3-13-6(4-10-12-9)7(8)5(2)11-13/h3-4H2,1-2H3. The average molecular weight is 244 g/mol. The van der Waals surface area contributed by atoms with Gasteiger partial charge in [0.05, 0.1) is 22.4 Å². The Balaban J connectivity index is 3.07. The maximum Gasteiger partial charge on any atom is 0.0738 e. The molecule has 1 rings (SSSR count). The van der Waals surface area contributed by atoms with Gasteiger partial charge in [0.2, 0.25) is 0 Å². The topological polar surface area (TPSA) is 66.6 Å². The molecule has 6 heteroatoms. The van der Waals surface area contributed by atoms with Crippen molar-refractivity contribution in [3.63, 3.8) is 0 Å². The largest absolute Gasteiger partial charge is 0.268 e. The molecule has 0 radical (unpaired) electrons. The summed E-state index contributed by atoms with van der Waals surface area (Å²) in [6.45, 7) is 5.03. The van der Waals surface area contributed by atoms with Crippen molar-refractivity contribution in [2.45, 2.75) is 26.9 Å². The number of rotatable bonds is 3. The van der Waals surface area contributed by atoms with E-state index >= 15 is 0 Å². The number of nitrogens with zero attached hydrogens (tertiary/aromatic N) is 5. The van der Waals surface area contributed by atoms with Gasteiger partial charge in [-0.2, -0.15) is 5.10 Å². The number of hydrogen-bond donors (Lipinski definition) is 0. The molecule has 0 aromatic carbocycles. The Bertz CT molecular complexity index is 350. The van der Waals surface area contributed by atoms with Gasteiger partial charge in [0.25, 0.3) is 0 Å². The van der Waals surface area contributed by atoms with Crippen LogP contribution in [0.3, 0.4) is 0 Å². The first-order valence-electron chi connectivity index (χ1n) is 3.93. The van der Waals surface area contributed by atoms with Crippen LogP contribution < -0.4 is 0 Å². The highest BCUT2D eigenvalue weighted by Crippen LogP contribution is 2.21. The van der Waals surface area contributed by atoms with Crippen molar-refractivity contribution in [3.05, 3.63) is 26.3 Å². The summed E-state index contributed by atoms with van der Waals surface area (Å²) in [4.78, 5) is 2.72. The molecule has 1 aromatic heterocycles. The number of aromatic nitrogens is 2. The molecular weight excluding hydrogens is 234 g/mol. The molecular formula is C7H10BrN5. The zero-order chi connectivity index (χ0) is 9.84. The maximum atomic E-state index is 8.20. The Kier molecular flexibility index (Phi) is 3.33. The van der Waals surface area contributed by atoms with Crippen LogP contribution in [0.1, 0.15) is 18.3 Å². The van der Waals surface area contributed by atoms with Crippen molar-refractivity contribution in [2.24, 2.45) is 5.11 Å². The summed E-state index contributed by atoms with van der Waals surface area (Å²) in [5.74, 6) is 0. The van der Waals surface area contributed by atoms with Crippen molar-refractivity contribution < 1.29 is 0 Å². The Morgan fingerprint density at radius 1 is 1.69 bits per heavy atom. The molecule has 0 saturated heterocycles. The lowest BCUT2D eigenvalue weighted by molar-refractivity contribution is 0.617. The van der Waals surface area contributed by atoms with E-state index in [0.29, 0.717) is 6.54 Å². The average Bonchev–Trinajstić information content (AvgIpc) is 2.40. The van der Waals surface area contributed by atoms with Gasteiger partial charge in [-0.3, -0.25) is 4.68 Å². The highest BCUT2D eigenvalue weighted by Gasteiger charge is 2.10. The zero-order valence-electron chi connectivity index (χ0n) is 7.53. The van der Waals surface area contributed by atoms with E-state index in [1.807, 2.05) is 18.5 Å². The van der Waals surface area contributed by atoms with Gasteiger partial charge in [0.15, 0.2) is 0 Å². The van der Waals surface area contributed by atoms with E-state index < -0.39 is 0 Å². The Hall–Kier alpha value is -1.00. The first kappa shape index (κ1) is 10.1. The Morgan fingerprint density at radius 2 is 2.38 bits per heavy atom. The molecule has 0 N–H and O–H groups in total. The number of halogens is 1. The van der Waals surface area contributed by atoms with Crippen LogP contribution in [0.5, 0.6) is 0 Å². The SMILES string of the molecule is CCn1nc(C)c(Br)c1CN=[N+]=[N-]. The van der Waals surface area contributed by atoms with E-state index in [0.717, 1.165) is 22.4 Å². The van der Waals surface area contributed by atoms with Crippen molar-refractivity contribution in [2.75, 3.05) is 0 Å². The molecule has 0 fully saturated rings. The summed E-state index contributed by atoms with van der Waals surface area (Å²) in [6.07, 6.45) is 0. The van der Waals surface area contributed by atoms with E-state index in [9.17, 15) is 0 Å². The third-order valence-electron chi connectivity index (χ3n) is 1.74. The third kappa shape index (κ3) is 2.02. The molecule has 1 heterocycles. The molecule has 0 amide bonds. The van der Waals surface area contributed by atoms with Crippen LogP contribution in [0.15, 0.2) is 9.59 Å². The van der Waals surface area contributed by atoms with Crippen LogP contribution in [0, 0.1) is 6.92 Å². The number of azide groups is 1. The molecule has 0 saturated carbocycles. The van der Waals surface area contributed by atoms with E-state index in [4.69, 9.17) is 5.53 Å². The molecule has 0 spiro atoms. The van der Waals surface area contributed by atoms with Gasteiger partial charge in [-0.15, -0.1) is 0 Å². The van der Waals surface area contributed by atoms with Crippen LogP contribution in [0.4, 0.5) is 0 Å². The van der Waals surface area contributed by atoms with Gasteiger partial charge >= 0.3 is 0 Å². The van der Waals surface area contributed by atoms with Gasteiger partial charge in [0.1, 0.15) is 0 Å². The Labute approximate surface area is 84.5 Å². The first-order valence-corrected chi connectivity index (χ1v) is 4.72. The van der Waals surface area contributed by atoms with Crippen LogP contribution in [-0.2, 0) is 13.1 Å². The fraction of sp³-hybridized carbons (Fsp3) is 0.571. The van der Waals surface area contributed by atoms with Crippen LogP contribution >= 0.6 is 15.9 Å². The molecule has 0 bridgehead atoms. The zero-order valence-corrected chi connectivity index (χ0v) is 9.11. The van der Waals surface area contributed by atoms with Crippen molar-refractivity contribution in [3.8, 4) is 0 Å². The van der Waals surface area contributed by atoms with E-state index in [1.54, 1.807) is 0 Å². The van der Waals surface area contributed by atoms with Crippen molar-refractivity contribution in [1.29, 1.82) is 0 Å². The summed E-state index contributed by atoms with van der Waals surface area (Å²) < 4.78 is 2.76. The van der Waals surface area contributed by atoms with Gasteiger partial charge in [-0.1, -0.05) is 5.11 Å². The monoisotopic (exact) mass is 243 g/mol. The minimum Gasteiger partial charge on any atom is -0.268 e. The molecule has 13 heavy (non-hydrogen) atoms. The van der Waals surface area contributed by atoms with Crippen LogP contribution in [-0.4, -0.2) is 9.78 Å². The van der Waals surface area contributed by atoms with E-state index in [2.05, 4.69) is 31.1 Å². The molecule has 0 aliphatic carbocycles. The summed E-state index contributed by atoms with van der Waals surface area (Å²) in [5, 5.41) is 7.78. The van der Waals surface area contributed by atoms with Gasteiger partial charge in [0, 0.05) is 11.5 Å². The molecule has 0 aliphatic rings. The predicted molar refractivity (Wildman–Crippen MR) is 53.2 cm³/mol. The lowest BCUT2D eigenvalue weighted by atomic mass is 10.4.